The number of hydrogen-bond acceptors (Lipinski definition) is 4. The zero-order valence-electron chi connectivity index (χ0n) is 4.29. The maximum absolute atomic E-state index is 9.45. The summed E-state index contributed by atoms with van der Waals surface area (Å²) in [5.41, 5.74) is 0. The molecule has 0 amide bonds. The maximum Gasteiger partial charge on any atom is 0.540 e. The van der Waals surface area contributed by atoms with E-state index in [0.717, 1.165) is 0 Å². The summed E-state index contributed by atoms with van der Waals surface area (Å²) in [6.45, 7) is 1.87. The Morgan fingerprint density at radius 3 is 2.75 bits per heavy atom. The van der Waals surface area contributed by atoms with Crippen molar-refractivity contribution in [2.45, 2.75) is 6.92 Å². The van der Waals surface area contributed by atoms with Crippen LogP contribution in [0.5, 0.6) is 0 Å². The van der Waals surface area contributed by atoms with Gasteiger partial charge in [0, 0.05) is 0 Å². The van der Waals surface area contributed by atoms with Gasteiger partial charge in [0.05, 0.1) is 6.61 Å². The van der Waals surface area contributed by atoms with Crippen LogP contribution in [0.4, 0.5) is 4.79 Å². The second-order valence-electron chi connectivity index (χ2n) is 0.824. The molecule has 0 aromatic rings. The van der Waals surface area contributed by atoms with Crippen molar-refractivity contribution in [2.75, 3.05) is 6.61 Å². The van der Waals surface area contributed by atoms with E-state index in [2.05, 4.69) is 14.8 Å². The summed E-state index contributed by atoms with van der Waals surface area (Å²) in [7, 11) is 0. The molecule has 0 aromatic carbocycles. The topological polar surface area (TPSA) is 65.0 Å². The number of rotatable bonds is 3. The van der Waals surface area contributed by atoms with Crippen molar-refractivity contribution >= 4 is 6.16 Å². The first-order valence-electron chi connectivity index (χ1n) is 1.96. The molecule has 5 nitrogen and oxygen atoms in total. The van der Waals surface area contributed by atoms with E-state index in [0.29, 0.717) is 0 Å². The normalized spacial score (nSPS) is 8.62. The van der Waals surface area contributed by atoms with Gasteiger partial charge < -0.3 is 5.11 Å². The summed E-state index contributed by atoms with van der Waals surface area (Å²) in [4.78, 5) is 17.0. The second-order valence-corrected chi connectivity index (χ2v) is 0.824. The van der Waals surface area contributed by atoms with Gasteiger partial charge in [0.1, 0.15) is 0 Å². The molecule has 0 aliphatic rings. The Morgan fingerprint density at radius 2 is 2.38 bits per heavy atom. The molecule has 0 saturated carbocycles. The molecular formula is C3H6O5. The minimum Gasteiger partial charge on any atom is -0.448 e. The van der Waals surface area contributed by atoms with E-state index in [1.807, 2.05) is 0 Å². The molecule has 0 aliphatic heterocycles. The van der Waals surface area contributed by atoms with Crippen molar-refractivity contribution in [3.63, 3.8) is 0 Å². The summed E-state index contributed by atoms with van der Waals surface area (Å²) in [5.74, 6) is 0. The molecule has 5 heteroatoms. The minimum atomic E-state index is -1.53. The van der Waals surface area contributed by atoms with E-state index < -0.39 is 6.16 Å². The van der Waals surface area contributed by atoms with Crippen molar-refractivity contribution in [1.29, 1.82) is 0 Å². The zero-order chi connectivity index (χ0) is 6.41. The molecule has 0 saturated heterocycles. The largest absolute Gasteiger partial charge is 0.540 e. The third-order valence-corrected chi connectivity index (χ3v) is 0.271. The number of carboxylic acid groups (broad SMARTS) is 1. The molecule has 0 aliphatic carbocycles. The quantitative estimate of drug-likeness (QED) is 0.336. The monoisotopic (exact) mass is 122 g/mol. The molecule has 0 spiro atoms. The van der Waals surface area contributed by atoms with Gasteiger partial charge >= 0.3 is 6.16 Å². The van der Waals surface area contributed by atoms with Crippen molar-refractivity contribution < 1.29 is 24.7 Å². The lowest BCUT2D eigenvalue weighted by atomic mass is 10.9. The average molecular weight is 122 g/mol. The number of carbonyl (C=O) groups is 1. The van der Waals surface area contributed by atoms with Crippen molar-refractivity contribution in [2.24, 2.45) is 0 Å². The van der Waals surface area contributed by atoms with Crippen molar-refractivity contribution in [3.05, 3.63) is 0 Å². The Morgan fingerprint density at radius 1 is 1.75 bits per heavy atom. The van der Waals surface area contributed by atoms with Crippen LogP contribution in [0, 0.1) is 0 Å². The fraction of sp³-hybridized carbons (Fsp3) is 0.667. The fourth-order valence-electron chi connectivity index (χ4n) is 0.101. The van der Waals surface area contributed by atoms with E-state index in [4.69, 9.17) is 5.11 Å². The molecule has 0 unspecified atom stereocenters. The second kappa shape index (κ2) is 4.35. The summed E-state index contributed by atoms with van der Waals surface area (Å²) >= 11 is 0. The zero-order valence-corrected chi connectivity index (χ0v) is 4.29. The van der Waals surface area contributed by atoms with Crippen molar-refractivity contribution in [1.82, 2.24) is 0 Å². The van der Waals surface area contributed by atoms with Crippen LogP contribution >= 0.6 is 0 Å². The molecule has 0 bridgehead atoms. The molecule has 8 heavy (non-hydrogen) atoms. The van der Waals surface area contributed by atoms with E-state index in [9.17, 15) is 4.79 Å². The highest BCUT2D eigenvalue weighted by molar-refractivity contribution is 5.55. The highest BCUT2D eigenvalue weighted by Gasteiger charge is 1.94. The highest BCUT2D eigenvalue weighted by atomic mass is 17.5. The van der Waals surface area contributed by atoms with Crippen LogP contribution < -0.4 is 0 Å². The van der Waals surface area contributed by atoms with E-state index in [-0.39, 0.29) is 6.61 Å². The molecule has 1 N–H and O–H groups in total. The first kappa shape index (κ1) is 7.19. The molecule has 0 fully saturated rings. The average Bonchev–Trinajstić information content (AvgIpc) is 1.66. The van der Waals surface area contributed by atoms with Gasteiger partial charge in [-0.3, -0.25) is 0 Å². The lowest BCUT2D eigenvalue weighted by Gasteiger charge is -1.93. The molecule has 48 valence electrons. The Kier molecular flexibility index (Phi) is 3.91. The molecular weight excluding hydrogens is 116 g/mol. The van der Waals surface area contributed by atoms with E-state index in [1.54, 1.807) is 6.92 Å². The van der Waals surface area contributed by atoms with Crippen LogP contribution in [0.1, 0.15) is 6.92 Å². The summed E-state index contributed by atoms with van der Waals surface area (Å²) in [5, 5.41) is 11.4. The van der Waals surface area contributed by atoms with Gasteiger partial charge in [-0.25, -0.2) is 9.68 Å². The molecule has 0 atom stereocenters. The fourth-order valence-corrected chi connectivity index (χ4v) is 0.101. The van der Waals surface area contributed by atoms with Gasteiger partial charge in [0.2, 0.25) is 0 Å². The van der Waals surface area contributed by atoms with Crippen LogP contribution in [-0.2, 0) is 14.8 Å². The first-order chi connectivity index (χ1) is 3.77. The van der Waals surface area contributed by atoms with Gasteiger partial charge in [-0.2, -0.15) is 4.89 Å². The summed E-state index contributed by atoms with van der Waals surface area (Å²) < 4.78 is 0. The van der Waals surface area contributed by atoms with Gasteiger partial charge in [-0.1, -0.05) is 0 Å². The smallest absolute Gasteiger partial charge is 0.448 e. The van der Waals surface area contributed by atoms with Gasteiger partial charge in [0.15, 0.2) is 0 Å². The Balaban J connectivity index is 2.82. The highest BCUT2D eigenvalue weighted by Crippen LogP contribution is 1.79. The molecule has 0 rings (SSSR count). The Labute approximate surface area is 45.6 Å². The third kappa shape index (κ3) is 5.19. The third-order valence-electron chi connectivity index (χ3n) is 0.271. The van der Waals surface area contributed by atoms with Gasteiger partial charge in [0.25, 0.3) is 0 Å². The van der Waals surface area contributed by atoms with Gasteiger partial charge in [-0.05, 0) is 12.0 Å². The molecule has 0 radical (unpaired) electrons. The van der Waals surface area contributed by atoms with Crippen LogP contribution in [0.3, 0.4) is 0 Å². The van der Waals surface area contributed by atoms with E-state index >= 15 is 0 Å². The van der Waals surface area contributed by atoms with Gasteiger partial charge in [-0.15, -0.1) is 0 Å². The number of hydrogen-bond donors (Lipinski definition) is 1. The van der Waals surface area contributed by atoms with Crippen LogP contribution in [0.2, 0.25) is 0 Å². The summed E-state index contributed by atoms with van der Waals surface area (Å²) in [6, 6.07) is 0. The molecule has 0 aromatic heterocycles. The first-order valence-corrected chi connectivity index (χ1v) is 1.96. The van der Waals surface area contributed by atoms with Crippen LogP contribution in [0.15, 0.2) is 0 Å². The van der Waals surface area contributed by atoms with Crippen LogP contribution in [0.25, 0.3) is 0 Å². The van der Waals surface area contributed by atoms with Crippen LogP contribution in [-0.4, -0.2) is 17.9 Å². The Hall–Kier alpha value is -0.810. The Bertz CT molecular complexity index is 70.1. The van der Waals surface area contributed by atoms with E-state index in [1.165, 1.54) is 0 Å². The predicted octanol–water partition coefficient (Wildman–Crippen LogP) is 0.564. The predicted molar refractivity (Wildman–Crippen MR) is 21.8 cm³/mol. The van der Waals surface area contributed by atoms with Crippen molar-refractivity contribution in [3.8, 4) is 0 Å². The molecule has 0 heterocycles. The standard InChI is InChI=1S/C3H6O5/c1-2-6-8-7-3(4)5/h2H2,1H3,(H,4,5). The lowest BCUT2D eigenvalue weighted by molar-refractivity contribution is -0.483. The lowest BCUT2D eigenvalue weighted by Crippen LogP contribution is -2.01. The summed E-state index contributed by atoms with van der Waals surface area (Å²) in [6.07, 6.45) is -1.53. The minimum absolute atomic E-state index is 0.243. The SMILES string of the molecule is CCOOOC(=O)O. The maximum atomic E-state index is 9.45.